The van der Waals surface area contributed by atoms with Crippen LogP contribution in [0.4, 0.5) is 20.8 Å². The second-order valence-corrected chi connectivity index (χ2v) is 9.46. The first-order valence-corrected chi connectivity index (χ1v) is 11.3. The second kappa shape index (κ2) is 7.68. The molecule has 3 N–H and O–H groups in total. The second-order valence-electron chi connectivity index (χ2n) is 9.46. The number of nitrogens with zero attached hydrogens (tertiary/aromatic N) is 4. The summed E-state index contributed by atoms with van der Waals surface area (Å²) in [6.45, 7) is 0.399. The third-order valence-electron chi connectivity index (χ3n) is 7.14. The predicted molar refractivity (Wildman–Crippen MR) is 116 cm³/mol. The van der Waals surface area contributed by atoms with E-state index < -0.39 is 24.3 Å². The molecule has 3 atom stereocenters. The van der Waals surface area contributed by atoms with Crippen molar-refractivity contribution in [3.8, 4) is 0 Å². The van der Waals surface area contributed by atoms with Crippen LogP contribution >= 0.6 is 0 Å². The molecule has 10 nitrogen and oxygen atoms in total. The van der Waals surface area contributed by atoms with E-state index in [4.69, 9.17) is 9.47 Å². The molecule has 4 aliphatic carbocycles. The van der Waals surface area contributed by atoms with Crippen LogP contribution in [-0.4, -0.2) is 55.8 Å². The molecule has 174 valence electrons. The fourth-order valence-corrected chi connectivity index (χ4v) is 5.39. The maximum atomic E-state index is 15.1. The van der Waals surface area contributed by atoms with Gasteiger partial charge in [-0.1, -0.05) is 0 Å². The average Bonchev–Trinajstić information content (AvgIpc) is 3.44. The number of aromatic amines is 1. The lowest BCUT2D eigenvalue weighted by atomic mass is 9.50. The van der Waals surface area contributed by atoms with E-state index in [1.165, 1.54) is 0 Å². The largest absolute Gasteiger partial charge is 0.443 e. The molecule has 0 spiro atoms. The van der Waals surface area contributed by atoms with Crippen molar-refractivity contribution < 1.29 is 18.7 Å². The first-order valence-electron chi connectivity index (χ1n) is 11.3. The van der Waals surface area contributed by atoms with E-state index in [1.807, 2.05) is 6.07 Å². The summed E-state index contributed by atoms with van der Waals surface area (Å²) in [6.07, 6.45) is 4.98. The number of carbonyl (C=O) groups excluding carboxylic acids is 1. The predicted octanol–water partition coefficient (Wildman–Crippen LogP) is 3.21. The summed E-state index contributed by atoms with van der Waals surface area (Å²) in [6, 6.07) is 3.67. The summed E-state index contributed by atoms with van der Waals surface area (Å²) in [7, 11) is 1.62. The maximum Gasteiger partial charge on any atom is 0.407 e. The van der Waals surface area contributed by atoms with Gasteiger partial charge in [0.15, 0.2) is 11.6 Å². The number of aromatic nitrogens is 5. The Bertz CT molecular complexity index is 1180. The van der Waals surface area contributed by atoms with E-state index in [0.29, 0.717) is 36.8 Å². The minimum atomic E-state index is -1.29. The Labute approximate surface area is 189 Å². The molecule has 0 saturated heterocycles. The van der Waals surface area contributed by atoms with E-state index in [1.54, 1.807) is 30.1 Å². The van der Waals surface area contributed by atoms with Gasteiger partial charge in [-0.3, -0.25) is 5.10 Å². The Hall–Kier alpha value is -3.21. The third-order valence-corrected chi connectivity index (χ3v) is 7.14. The summed E-state index contributed by atoms with van der Waals surface area (Å²) < 4.78 is 27.4. The summed E-state index contributed by atoms with van der Waals surface area (Å²) in [5.74, 6) is 1.45. The zero-order valence-electron chi connectivity index (χ0n) is 18.3. The summed E-state index contributed by atoms with van der Waals surface area (Å²) in [5.41, 5.74) is 2.15. The Balaban J connectivity index is 1.11. The molecule has 3 aromatic heterocycles. The number of alkyl carbamates (subject to hydrolysis) is 1. The fraction of sp³-hybridized carbons (Fsp3) is 0.545. The molecule has 11 heteroatoms. The molecule has 3 heterocycles. The molecule has 0 aromatic carbocycles. The number of rotatable bonds is 7. The van der Waals surface area contributed by atoms with E-state index in [2.05, 4.69) is 30.9 Å². The lowest BCUT2D eigenvalue weighted by Crippen LogP contribution is -2.68. The van der Waals surface area contributed by atoms with Crippen molar-refractivity contribution in [3.05, 3.63) is 35.9 Å². The first kappa shape index (κ1) is 20.4. The van der Waals surface area contributed by atoms with Crippen LogP contribution in [0.5, 0.6) is 0 Å². The minimum Gasteiger partial charge on any atom is -0.443 e. The van der Waals surface area contributed by atoms with Crippen molar-refractivity contribution >= 4 is 23.2 Å². The van der Waals surface area contributed by atoms with Crippen molar-refractivity contribution in [3.63, 3.8) is 0 Å². The normalized spacial score (nSPS) is 30.0. The first-order chi connectivity index (χ1) is 16.0. The summed E-state index contributed by atoms with van der Waals surface area (Å²) in [5, 5.41) is 17.8. The molecule has 1 amide bonds. The van der Waals surface area contributed by atoms with Crippen LogP contribution in [0.2, 0.25) is 0 Å². The van der Waals surface area contributed by atoms with Gasteiger partial charge in [-0.05, 0) is 44.1 Å². The van der Waals surface area contributed by atoms with Crippen LogP contribution in [0.25, 0.3) is 5.52 Å². The van der Waals surface area contributed by atoms with Crippen LogP contribution in [0.15, 0.2) is 24.5 Å². The van der Waals surface area contributed by atoms with Gasteiger partial charge in [0.25, 0.3) is 0 Å². The molecule has 33 heavy (non-hydrogen) atoms. The Morgan fingerprint density at radius 3 is 2.94 bits per heavy atom. The number of hydrogen-bond acceptors (Lipinski definition) is 7. The minimum absolute atomic E-state index is 0.0771. The van der Waals surface area contributed by atoms with Crippen LogP contribution in [-0.2, 0) is 16.1 Å². The molecule has 4 saturated carbocycles. The lowest BCUT2D eigenvalue weighted by molar-refractivity contribution is -0.0532. The number of alkyl halides is 1. The SMILES string of the molecule is COCc1cc2c(Nc3cc([C@H]4CC[C@@H](OC(=O)NC56CC(C5)C6)[C@H]4F)[nH]n3)nccn2n1. The standard InChI is InChI=1S/C22H26FN7O3/c1-32-11-13-6-16-20(24-4-5-30(16)29-13)25-18-7-15(27-28-18)14-2-3-17(19(14)23)33-21(31)26-22-8-12(9-22)10-22/h4-7,12,14,17,19H,2-3,8-11H2,1H3,(H,26,31)(H2,24,25,27,28)/t12?,14-,17-,19+,22?/m1/s1. The molecular formula is C22H26FN7O3. The van der Waals surface area contributed by atoms with Gasteiger partial charge in [0.1, 0.15) is 17.8 Å². The number of hydrogen-bond donors (Lipinski definition) is 3. The Morgan fingerprint density at radius 2 is 2.18 bits per heavy atom. The quantitative estimate of drug-likeness (QED) is 0.501. The highest BCUT2D eigenvalue weighted by Crippen LogP contribution is 2.57. The van der Waals surface area contributed by atoms with Crippen molar-refractivity contribution in [2.45, 2.75) is 62.4 Å². The van der Waals surface area contributed by atoms with Gasteiger partial charge in [0.05, 0.1) is 12.3 Å². The van der Waals surface area contributed by atoms with Crippen LogP contribution in [0.3, 0.4) is 0 Å². The smallest absolute Gasteiger partial charge is 0.407 e. The van der Waals surface area contributed by atoms with Crippen molar-refractivity contribution in [1.29, 1.82) is 0 Å². The number of carbonyl (C=O) groups is 1. The molecule has 3 aromatic rings. The van der Waals surface area contributed by atoms with E-state index >= 15 is 4.39 Å². The number of H-pyrrole nitrogens is 1. The number of amides is 1. The Morgan fingerprint density at radius 1 is 1.33 bits per heavy atom. The van der Waals surface area contributed by atoms with Crippen molar-refractivity contribution in [1.82, 2.24) is 30.1 Å². The fourth-order valence-electron chi connectivity index (χ4n) is 5.39. The van der Waals surface area contributed by atoms with Crippen LogP contribution in [0.1, 0.15) is 49.4 Å². The molecule has 7 rings (SSSR count). The topological polar surface area (TPSA) is 118 Å². The third kappa shape index (κ3) is 3.60. The number of halogens is 1. The van der Waals surface area contributed by atoms with Crippen molar-refractivity contribution in [2.75, 3.05) is 12.4 Å². The van der Waals surface area contributed by atoms with Crippen LogP contribution < -0.4 is 10.6 Å². The van der Waals surface area contributed by atoms with Gasteiger partial charge in [-0.15, -0.1) is 0 Å². The summed E-state index contributed by atoms with van der Waals surface area (Å²) in [4.78, 5) is 16.6. The number of fused-ring (bicyclic) bond motifs is 1. The number of ether oxygens (including phenoxy) is 2. The zero-order valence-corrected chi connectivity index (χ0v) is 18.3. The molecule has 2 bridgehead atoms. The molecule has 0 unspecified atom stereocenters. The molecule has 0 aliphatic heterocycles. The number of nitrogens with one attached hydrogen (secondary N) is 3. The number of anilines is 2. The molecule has 0 radical (unpaired) electrons. The maximum absolute atomic E-state index is 15.1. The van der Waals surface area contributed by atoms with Gasteiger partial charge in [-0.2, -0.15) is 10.2 Å². The highest BCUT2D eigenvalue weighted by Gasteiger charge is 2.58. The highest BCUT2D eigenvalue weighted by molar-refractivity contribution is 5.72. The average molecular weight is 455 g/mol. The van der Waals surface area contributed by atoms with Gasteiger partial charge in [0.2, 0.25) is 0 Å². The Kier molecular flexibility index (Phi) is 4.75. The van der Waals surface area contributed by atoms with Gasteiger partial charge >= 0.3 is 6.09 Å². The summed E-state index contributed by atoms with van der Waals surface area (Å²) >= 11 is 0. The van der Waals surface area contributed by atoms with Gasteiger partial charge in [0, 0.05) is 42.7 Å². The van der Waals surface area contributed by atoms with Gasteiger partial charge < -0.3 is 20.1 Å². The van der Waals surface area contributed by atoms with Gasteiger partial charge in [-0.25, -0.2) is 18.7 Å². The van der Waals surface area contributed by atoms with E-state index in [-0.39, 0.29) is 5.54 Å². The molecule has 4 fully saturated rings. The molecular weight excluding hydrogens is 429 g/mol. The van der Waals surface area contributed by atoms with E-state index in [9.17, 15) is 4.79 Å². The monoisotopic (exact) mass is 455 g/mol. The zero-order chi connectivity index (χ0) is 22.6. The van der Waals surface area contributed by atoms with Crippen LogP contribution in [0, 0.1) is 5.92 Å². The number of methoxy groups -OCH3 is 1. The van der Waals surface area contributed by atoms with Crippen molar-refractivity contribution in [2.24, 2.45) is 5.92 Å². The lowest BCUT2D eigenvalue weighted by Gasteiger charge is -2.61. The molecule has 4 aliphatic rings. The highest BCUT2D eigenvalue weighted by atomic mass is 19.1. The van der Waals surface area contributed by atoms with E-state index in [0.717, 1.165) is 36.4 Å².